The third-order valence-electron chi connectivity index (χ3n) is 12.1. The quantitative estimate of drug-likeness (QED) is 0.132. The Bertz CT molecular complexity index is 2540. The second-order valence-electron chi connectivity index (χ2n) is 16.1. The molecule has 0 atom stereocenters. The average Bonchev–Trinajstić information content (AvgIpc) is 3.64. The van der Waals surface area contributed by atoms with Crippen LogP contribution in [0.15, 0.2) is 142 Å². The molecule has 254 valence electrons. The average molecular weight is 674 g/mol. The lowest BCUT2D eigenvalue weighted by Crippen LogP contribution is -2.16. The summed E-state index contributed by atoms with van der Waals surface area (Å²) in [4.78, 5) is 15.1. The van der Waals surface area contributed by atoms with Crippen molar-refractivity contribution in [1.29, 1.82) is 0 Å². The van der Waals surface area contributed by atoms with E-state index in [9.17, 15) is 0 Å². The molecule has 0 fully saturated rings. The summed E-state index contributed by atoms with van der Waals surface area (Å²) >= 11 is 0. The molecule has 0 saturated heterocycles. The van der Waals surface area contributed by atoms with Crippen molar-refractivity contribution in [2.45, 2.75) is 64.3 Å². The molecule has 6 aromatic rings. The van der Waals surface area contributed by atoms with Crippen LogP contribution in [0, 0.1) is 0 Å². The number of hydrogen-bond acceptors (Lipinski definition) is 1. The maximum absolute atomic E-state index is 5.29. The fraction of sp³-hybridized carbons (Fsp3) is 0.204. The minimum atomic E-state index is -0.142. The van der Waals surface area contributed by atoms with E-state index in [1.165, 1.54) is 66.8 Å². The lowest BCUT2D eigenvalue weighted by Gasteiger charge is -2.22. The molecule has 3 nitrogen and oxygen atoms in total. The number of rotatable bonds is 4. The van der Waals surface area contributed by atoms with Gasteiger partial charge in [0.05, 0.1) is 6.54 Å². The Hall–Kier alpha value is -5.67. The predicted molar refractivity (Wildman–Crippen MR) is 218 cm³/mol. The molecule has 0 heterocycles. The molecule has 3 heteroatoms. The van der Waals surface area contributed by atoms with E-state index >= 15 is 0 Å². The van der Waals surface area contributed by atoms with Crippen LogP contribution in [0.1, 0.15) is 91.6 Å². The minimum absolute atomic E-state index is 0.0336. The van der Waals surface area contributed by atoms with Gasteiger partial charge >= 0.3 is 0 Å². The summed E-state index contributed by atoms with van der Waals surface area (Å²) in [5.74, 6) is 1.22. The molecular formula is C49H43N3. The summed E-state index contributed by atoms with van der Waals surface area (Å²) in [6.07, 6.45) is 0. The maximum Gasteiger partial charge on any atom is 0.161 e. The zero-order valence-electron chi connectivity index (χ0n) is 30.9. The summed E-state index contributed by atoms with van der Waals surface area (Å²) in [5.41, 5.74) is 18.5. The second kappa shape index (κ2) is 11.4. The van der Waals surface area contributed by atoms with Gasteiger partial charge in [0.15, 0.2) is 11.7 Å². The molecule has 0 N–H and O–H groups in total. The summed E-state index contributed by atoms with van der Waals surface area (Å²) < 4.78 is 0. The van der Waals surface area contributed by atoms with Gasteiger partial charge in [0.1, 0.15) is 0 Å². The van der Waals surface area contributed by atoms with Crippen LogP contribution in [0.25, 0.3) is 33.4 Å². The van der Waals surface area contributed by atoms with Crippen LogP contribution in [-0.4, -0.2) is 18.4 Å². The highest BCUT2D eigenvalue weighted by Gasteiger charge is 2.37. The van der Waals surface area contributed by atoms with E-state index < -0.39 is 0 Å². The molecule has 0 aliphatic heterocycles. The first-order chi connectivity index (χ1) is 25.0. The van der Waals surface area contributed by atoms with Gasteiger partial charge in [0.2, 0.25) is 0 Å². The van der Waals surface area contributed by atoms with Crippen LogP contribution in [-0.2, 0) is 22.8 Å². The van der Waals surface area contributed by atoms with Crippen molar-refractivity contribution in [1.82, 2.24) is 0 Å². The molecule has 9 rings (SSSR count). The molecule has 0 spiro atoms. The van der Waals surface area contributed by atoms with Gasteiger partial charge in [0.25, 0.3) is 0 Å². The van der Waals surface area contributed by atoms with Crippen LogP contribution in [0.3, 0.4) is 0 Å². The largest absolute Gasteiger partial charge is 0.261 e. The van der Waals surface area contributed by atoms with E-state index in [4.69, 9.17) is 9.98 Å². The highest BCUT2D eigenvalue weighted by molar-refractivity contribution is 6.13. The third-order valence-corrected chi connectivity index (χ3v) is 12.1. The number of aliphatic imine (C=N–C) groups is 3. The van der Waals surface area contributed by atoms with E-state index in [0.29, 0.717) is 18.2 Å². The van der Waals surface area contributed by atoms with E-state index in [1.54, 1.807) is 0 Å². The Morgan fingerprint density at radius 3 is 1.48 bits per heavy atom. The lowest BCUT2D eigenvalue weighted by molar-refractivity contribution is 0.660. The molecule has 0 unspecified atom stereocenters. The van der Waals surface area contributed by atoms with Gasteiger partial charge in [-0.05, 0) is 97.2 Å². The number of nitrogens with zero attached hydrogens (tertiary/aromatic N) is 3. The molecule has 0 aromatic heterocycles. The van der Waals surface area contributed by atoms with Crippen molar-refractivity contribution in [2.75, 3.05) is 0 Å². The first-order valence-corrected chi connectivity index (χ1v) is 18.3. The number of amidine groups is 2. The van der Waals surface area contributed by atoms with Crippen LogP contribution >= 0.6 is 0 Å². The van der Waals surface area contributed by atoms with Crippen LogP contribution in [0.2, 0.25) is 0 Å². The molecule has 0 bridgehead atoms. The monoisotopic (exact) mass is 673 g/mol. The van der Waals surface area contributed by atoms with E-state index in [-0.39, 0.29) is 16.2 Å². The van der Waals surface area contributed by atoms with Crippen LogP contribution in [0.4, 0.5) is 0 Å². The van der Waals surface area contributed by atoms with E-state index in [0.717, 1.165) is 16.7 Å². The Labute approximate surface area is 307 Å². The molecule has 0 radical (unpaired) electrons. The lowest BCUT2D eigenvalue weighted by atomic mass is 9.82. The van der Waals surface area contributed by atoms with Crippen molar-refractivity contribution < 1.29 is 0 Å². The SMILES string of the molecule is C=N/C(=N\C(=N/Cc1ccc2c(c1)-c1ccccc1C2(C)C)c1ccc2c(c1)C(C)(C)c1ccccc1-2)c1ccc2c(c1)-c1ccccc1C2(C)C. The third kappa shape index (κ3) is 4.68. The molecule has 0 amide bonds. The second-order valence-corrected chi connectivity index (χ2v) is 16.1. The summed E-state index contributed by atoms with van der Waals surface area (Å²) in [6, 6.07) is 46.4. The highest BCUT2D eigenvalue weighted by Crippen LogP contribution is 2.51. The molecule has 52 heavy (non-hydrogen) atoms. The minimum Gasteiger partial charge on any atom is -0.261 e. The van der Waals surface area contributed by atoms with Gasteiger partial charge in [-0.2, -0.15) is 0 Å². The first-order valence-electron chi connectivity index (χ1n) is 18.3. The predicted octanol–water partition coefficient (Wildman–Crippen LogP) is 11.7. The van der Waals surface area contributed by atoms with Gasteiger partial charge in [-0.15, -0.1) is 0 Å². The van der Waals surface area contributed by atoms with E-state index in [2.05, 4.69) is 181 Å². The fourth-order valence-corrected chi connectivity index (χ4v) is 9.22. The van der Waals surface area contributed by atoms with Crippen molar-refractivity contribution in [3.8, 4) is 33.4 Å². The van der Waals surface area contributed by atoms with Crippen LogP contribution < -0.4 is 0 Å². The normalized spacial score (nSPS) is 16.7. The van der Waals surface area contributed by atoms with Crippen molar-refractivity contribution >= 4 is 18.4 Å². The zero-order chi connectivity index (χ0) is 36.0. The van der Waals surface area contributed by atoms with Crippen molar-refractivity contribution in [2.24, 2.45) is 15.0 Å². The standard InChI is InChI=1S/C49H43N3/c1-47(2)40-18-12-9-15-34(40)37-26-30(20-24-42(37)47)29-51-46(32-21-23-36-33-14-8-11-17-39(33)49(5,6)44(36)28-32)52-45(50-7)31-22-25-43-38(27-31)35-16-10-13-19-41(35)48(43,3)4/h8-28H,7,29H2,1-6H3/b51-46-,52-45-. The van der Waals surface area contributed by atoms with Crippen molar-refractivity contribution in [3.63, 3.8) is 0 Å². The highest BCUT2D eigenvalue weighted by atomic mass is 15.0. The maximum atomic E-state index is 5.29. The van der Waals surface area contributed by atoms with Gasteiger partial charge in [-0.1, -0.05) is 151 Å². The van der Waals surface area contributed by atoms with Gasteiger partial charge in [0, 0.05) is 27.4 Å². The Balaban J connectivity index is 1.16. The Morgan fingerprint density at radius 2 is 0.885 bits per heavy atom. The zero-order valence-corrected chi connectivity index (χ0v) is 30.9. The molecule has 6 aromatic carbocycles. The number of hydrogen-bond donors (Lipinski definition) is 0. The van der Waals surface area contributed by atoms with Gasteiger partial charge in [-0.3, -0.25) is 4.99 Å². The van der Waals surface area contributed by atoms with Crippen LogP contribution in [0.5, 0.6) is 0 Å². The molecule has 3 aliphatic carbocycles. The summed E-state index contributed by atoms with van der Waals surface area (Å²) in [7, 11) is 0. The Kier molecular flexibility index (Phi) is 7.08. The molecular weight excluding hydrogens is 631 g/mol. The van der Waals surface area contributed by atoms with Gasteiger partial charge in [-0.25, -0.2) is 9.98 Å². The number of benzene rings is 6. The molecule has 0 saturated carbocycles. The Morgan fingerprint density at radius 1 is 0.442 bits per heavy atom. The summed E-state index contributed by atoms with van der Waals surface area (Å²) in [5, 5.41) is 0. The fourth-order valence-electron chi connectivity index (χ4n) is 9.22. The summed E-state index contributed by atoms with van der Waals surface area (Å²) in [6.45, 7) is 18.4. The number of fused-ring (bicyclic) bond motifs is 9. The smallest absolute Gasteiger partial charge is 0.161 e. The van der Waals surface area contributed by atoms with Crippen molar-refractivity contribution in [3.05, 3.63) is 177 Å². The molecule has 3 aliphatic rings. The first kappa shape index (κ1) is 32.3. The van der Waals surface area contributed by atoms with E-state index in [1.807, 2.05) is 0 Å². The van der Waals surface area contributed by atoms with Gasteiger partial charge < -0.3 is 0 Å². The topological polar surface area (TPSA) is 37.1 Å².